The van der Waals surface area contributed by atoms with Gasteiger partial charge in [0.05, 0.1) is 0 Å². The van der Waals surface area contributed by atoms with Gasteiger partial charge in [-0.15, -0.1) is 0 Å². The molecule has 0 radical (unpaired) electrons. The Bertz CT molecular complexity index is 385. The minimum absolute atomic E-state index is 1.23. The summed E-state index contributed by atoms with van der Waals surface area (Å²) >= 11 is 0. The molecule has 0 unspecified atom stereocenters. The molecule has 1 aromatic heterocycles. The van der Waals surface area contributed by atoms with Crippen LogP contribution in [-0.2, 0) is 0 Å². The van der Waals surface area contributed by atoms with E-state index in [1.54, 1.807) is 0 Å². The zero-order chi connectivity index (χ0) is 7.84. The van der Waals surface area contributed by atoms with E-state index in [9.17, 15) is 0 Å². The predicted molar refractivity (Wildman–Crippen MR) is 47.8 cm³/mol. The first-order valence-electron chi connectivity index (χ1n) is 3.82. The molecule has 0 aliphatic rings. The third kappa shape index (κ3) is 0.845. The molecule has 0 atom stereocenters. The van der Waals surface area contributed by atoms with Crippen molar-refractivity contribution in [2.45, 2.75) is 13.8 Å². The fourth-order valence-corrected chi connectivity index (χ4v) is 1.39. The second-order valence-electron chi connectivity index (χ2n) is 2.95. The molecule has 0 saturated carbocycles. The molecule has 0 amide bonds. The molecular formula is C10H11N. The van der Waals surface area contributed by atoms with Gasteiger partial charge in [-0.2, -0.15) is 0 Å². The van der Waals surface area contributed by atoms with Crippen LogP contribution in [0.25, 0.3) is 10.9 Å². The summed E-state index contributed by atoms with van der Waals surface area (Å²) in [7, 11) is 0. The highest BCUT2D eigenvalue weighted by molar-refractivity contribution is 5.83. The average molecular weight is 145 g/mol. The Hall–Kier alpha value is -1.24. The molecule has 2 rings (SSSR count). The van der Waals surface area contributed by atoms with Crippen molar-refractivity contribution in [3.05, 3.63) is 35.5 Å². The molecule has 1 aromatic carbocycles. The molecule has 0 bridgehead atoms. The summed E-state index contributed by atoms with van der Waals surface area (Å²) in [5, 5.41) is 1.34. The fourth-order valence-electron chi connectivity index (χ4n) is 1.39. The van der Waals surface area contributed by atoms with Gasteiger partial charge in [-0.1, -0.05) is 6.07 Å². The number of H-pyrrole nitrogens is 1. The van der Waals surface area contributed by atoms with Gasteiger partial charge in [0.1, 0.15) is 0 Å². The molecule has 0 fully saturated rings. The lowest BCUT2D eigenvalue weighted by Crippen LogP contribution is -1.79. The van der Waals surface area contributed by atoms with E-state index in [0.717, 1.165) is 0 Å². The fraction of sp³-hybridized carbons (Fsp3) is 0.200. The van der Waals surface area contributed by atoms with E-state index in [4.69, 9.17) is 0 Å². The van der Waals surface area contributed by atoms with E-state index in [2.05, 4.69) is 37.0 Å². The summed E-state index contributed by atoms with van der Waals surface area (Å²) in [6.07, 6.45) is 1.98. The third-order valence-electron chi connectivity index (χ3n) is 2.27. The number of nitrogens with one attached hydrogen (secondary N) is 1. The van der Waals surface area contributed by atoms with Gasteiger partial charge in [0.25, 0.3) is 0 Å². The van der Waals surface area contributed by atoms with Crippen LogP contribution in [-0.4, -0.2) is 4.98 Å². The van der Waals surface area contributed by atoms with Crippen molar-refractivity contribution in [2.75, 3.05) is 0 Å². The van der Waals surface area contributed by atoms with Crippen molar-refractivity contribution >= 4 is 10.9 Å². The first-order valence-corrected chi connectivity index (χ1v) is 3.82. The van der Waals surface area contributed by atoms with Gasteiger partial charge < -0.3 is 4.98 Å². The molecule has 0 saturated heterocycles. The summed E-state index contributed by atoms with van der Waals surface area (Å²) in [4.78, 5) is 3.19. The highest BCUT2D eigenvalue weighted by Crippen LogP contribution is 2.19. The van der Waals surface area contributed by atoms with Crippen molar-refractivity contribution in [1.29, 1.82) is 0 Å². The van der Waals surface area contributed by atoms with Crippen LogP contribution in [0.4, 0.5) is 0 Å². The number of fused-ring (bicyclic) bond motifs is 1. The summed E-state index contributed by atoms with van der Waals surface area (Å²) in [5.74, 6) is 0. The molecule has 56 valence electrons. The van der Waals surface area contributed by atoms with Crippen molar-refractivity contribution in [1.82, 2.24) is 4.98 Å². The second-order valence-corrected chi connectivity index (χ2v) is 2.95. The van der Waals surface area contributed by atoms with Gasteiger partial charge >= 0.3 is 0 Å². The van der Waals surface area contributed by atoms with Crippen LogP contribution in [0.1, 0.15) is 11.1 Å². The molecule has 0 spiro atoms. The van der Waals surface area contributed by atoms with Crippen molar-refractivity contribution in [3.63, 3.8) is 0 Å². The molecule has 1 nitrogen and oxygen atoms in total. The molecular weight excluding hydrogens is 134 g/mol. The average Bonchev–Trinajstić information content (AvgIpc) is 2.45. The number of benzene rings is 1. The lowest BCUT2D eigenvalue weighted by Gasteiger charge is -1.99. The number of aromatic nitrogens is 1. The second kappa shape index (κ2) is 2.12. The maximum atomic E-state index is 3.19. The summed E-state index contributed by atoms with van der Waals surface area (Å²) in [6, 6.07) is 6.39. The van der Waals surface area contributed by atoms with Crippen molar-refractivity contribution in [3.8, 4) is 0 Å². The molecule has 0 aliphatic heterocycles. The van der Waals surface area contributed by atoms with Gasteiger partial charge in [0, 0.05) is 17.1 Å². The van der Waals surface area contributed by atoms with Crippen LogP contribution in [0.5, 0.6) is 0 Å². The lowest BCUT2D eigenvalue weighted by atomic mass is 10.1. The highest BCUT2D eigenvalue weighted by Gasteiger charge is 1.98. The standard InChI is InChI=1S/C10H11N/c1-7-3-4-10-9(8(7)2)5-6-11-10/h3-6,11H,1-2H3. The Morgan fingerprint density at radius 1 is 1.09 bits per heavy atom. The van der Waals surface area contributed by atoms with Gasteiger partial charge in [0.15, 0.2) is 0 Å². The van der Waals surface area contributed by atoms with E-state index in [0.29, 0.717) is 0 Å². The van der Waals surface area contributed by atoms with Crippen molar-refractivity contribution in [2.24, 2.45) is 0 Å². The van der Waals surface area contributed by atoms with E-state index >= 15 is 0 Å². The Labute approximate surface area is 66.1 Å². The van der Waals surface area contributed by atoms with Crippen LogP contribution in [0, 0.1) is 13.8 Å². The highest BCUT2D eigenvalue weighted by atomic mass is 14.7. The maximum Gasteiger partial charge on any atom is 0.0456 e. The minimum atomic E-state index is 1.23. The first-order chi connectivity index (χ1) is 5.29. The molecule has 1 N–H and O–H groups in total. The molecule has 1 heteroatoms. The number of hydrogen-bond acceptors (Lipinski definition) is 0. The van der Waals surface area contributed by atoms with Crippen LogP contribution in [0.2, 0.25) is 0 Å². The Morgan fingerprint density at radius 3 is 2.73 bits per heavy atom. The van der Waals surface area contributed by atoms with Gasteiger partial charge in [-0.3, -0.25) is 0 Å². The number of aromatic amines is 1. The molecule has 1 heterocycles. The van der Waals surface area contributed by atoms with Gasteiger partial charge in [-0.25, -0.2) is 0 Å². The van der Waals surface area contributed by atoms with E-state index < -0.39 is 0 Å². The van der Waals surface area contributed by atoms with Crippen LogP contribution in [0.15, 0.2) is 24.4 Å². The lowest BCUT2D eigenvalue weighted by molar-refractivity contribution is 1.38. The Balaban J connectivity index is 2.93. The maximum absolute atomic E-state index is 3.19. The van der Waals surface area contributed by atoms with Crippen LogP contribution >= 0.6 is 0 Å². The number of hydrogen-bond donors (Lipinski definition) is 1. The zero-order valence-corrected chi connectivity index (χ0v) is 6.81. The molecule has 11 heavy (non-hydrogen) atoms. The molecule has 0 aliphatic carbocycles. The van der Waals surface area contributed by atoms with Gasteiger partial charge in [0.2, 0.25) is 0 Å². The first kappa shape index (κ1) is 6.47. The summed E-state index contributed by atoms with van der Waals surface area (Å²) in [5.41, 5.74) is 3.97. The quantitative estimate of drug-likeness (QED) is 0.586. The smallest absolute Gasteiger partial charge is 0.0456 e. The van der Waals surface area contributed by atoms with E-state index in [1.165, 1.54) is 22.0 Å². The summed E-state index contributed by atoms with van der Waals surface area (Å²) < 4.78 is 0. The zero-order valence-electron chi connectivity index (χ0n) is 6.81. The number of aryl methyl sites for hydroxylation is 2. The SMILES string of the molecule is Cc1ccc2[nH]ccc2c1C. The third-order valence-corrected chi connectivity index (χ3v) is 2.27. The monoisotopic (exact) mass is 145 g/mol. The predicted octanol–water partition coefficient (Wildman–Crippen LogP) is 2.78. The summed E-state index contributed by atoms with van der Waals surface area (Å²) in [6.45, 7) is 4.30. The topological polar surface area (TPSA) is 15.8 Å². The molecule has 2 aromatic rings. The normalized spacial score (nSPS) is 10.7. The van der Waals surface area contributed by atoms with E-state index in [1.807, 2.05) is 6.20 Å². The van der Waals surface area contributed by atoms with Crippen LogP contribution in [0.3, 0.4) is 0 Å². The largest absolute Gasteiger partial charge is 0.361 e. The van der Waals surface area contributed by atoms with Crippen molar-refractivity contribution < 1.29 is 0 Å². The van der Waals surface area contributed by atoms with Gasteiger partial charge in [-0.05, 0) is 37.1 Å². The number of rotatable bonds is 0. The van der Waals surface area contributed by atoms with Crippen LogP contribution < -0.4 is 0 Å². The minimum Gasteiger partial charge on any atom is -0.361 e. The Kier molecular flexibility index (Phi) is 1.25. The Morgan fingerprint density at radius 2 is 1.91 bits per heavy atom. The van der Waals surface area contributed by atoms with E-state index in [-0.39, 0.29) is 0 Å².